The molecule has 2 heterocycles. The molecule has 0 aliphatic carbocycles. The smallest absolute Gasteiger partial charge is 0.251 e. The third kappa shape index (κ3) is 5.03. The molecule has 2 aromatic carbocycles. The Morgan fingerprint density at radius 2 is 2.00 bits per heavy atom. The lowest BCUT2D eigenvalue weighted by molar-refractivity contribution is -0.115. The minimum atomic E-state index is -0.160. The Labute approximate surface area is 186 Å². The minimum absolute atomic E-state index is 0.0347. The molecule has 2 aliphatic heterocycles. The van der Waals surface area contributed by atoms with Crippen molar-refractivity contribution in [3.63, 3.8) is 0 Å². The lowest BCUT2D eigenvalue weighted by atomic mass is 10.0. The number of fused-ring (bicyclic) bond motifs is 1. The predicted octanol–water partition coefficient (Wildman–Crippen LogP) is 2.93. The number of nitrogens with zero attached hydrogens (tertiary/aromatic N) is 1. The maximum absolute atomic E-state index is 12.9. The number of methoxy groups -OCH3 is 1. The Morgan fingerprint density at radius 1 is 1.26 bits per heavy atom. The summed E-state index contributed by atoms with van der Waals surface area (Å²) < 4.78 is 10.8. The van der Waals surface area contributed by atoms with E-state index in [0.29, 0.717) is 31.0 Å². The number of benzene rings is 2. The molecule has 0 radical (unpaired) electrons. The summed E-state index contributed by atoms with van der Waals surface area (Å²) in [5.74, 6) is 0.603. The average Bonchev–Trinajstić information content (AvgIpc) is 2.80. The van der Waals surface area contributed by atoms with Crippen LogP contribution >= 0.6 is 11.8 Å². The van der Waals surface area contributed by atoms with Gasteiger partial charge in [0.15, 0.2) is 0 Å². The summed E-state index contributed by atoms with van der Waals surface area (Å²) in [6.07, 6.45) is 0. The van der Waals surface area contributed by atoms with Crippen LogP contribution < -0.4 is 15.4 Å². The van der Waals surface area contributed by atoms with Crippen molar-refractivity contribution < 1.29 is 19.1 Å². The zero-order chi connectivity index (χ0) is 21.8. The number of carbonyl (C=O) groups excluding carboxylic acids is 2. The van der Waals surface area contributed by atoms with Gasteiger partial charge in [0.2, 0.25) is 5.91 Å². The van der Waals surface area contributed by atoms with E-state index in [9.17, 15) is 9.59 Å². The second kappa shape index (κ2) is 9.72. The van der Waals surface area contributed by atoms with Gasteiger partial charge in [-0.15, -0.1) is 11.8 Å². The number of amides is 2. The molecule has 1 saturated heterocycles. The van der Waals surface area contributed by atoms with Crippen LogP contribution in [0.4, 0.5) is 5.69 Å². The molecule has 164 valence electrons. The zero-order valence-electron chi connectivity index (χ0n) is 17.7. The summed E-state index contributed by atoms with van der Waals surface area (Å²) in [4.78, 5) is 28.2. The number of anilines is 1. The third-order valence-corrected chi connectivity index (χ3v) is 6.79. The van der Waals surface area contributed by atoms with Crippen LogP contribution in [-0.4, -0.2) is 61.9 Å². The highest BCUT2D eigenvalue weighted by Crippen LogP contribution is 2.36. The van der Waals surface area contributed by atoms with Crippen LogP contribution in [-0.2, 0) is 9.53 Å². The van der Waals surface area contributed by atoms with Gasteiger partial charge in [-0.05, 0) is 42.8 Å². The lowest BCUT2D eigenvalue weighted by Gasteiger charge is -2.35. The Hall–Kier alpha value is -2.55. The van der Waals surface area contributed by atoms with Crippen molar-refractivity contribution in [1.82, 2.24) is 10.2 Å². The first-order chi connectivity index (χ1) is 15.0. The van der Waals surface area contributed by atoms with Crippen LogP contribution in [0.25, 0.3) is 0 Å². The van der Waals surface area contributed by atoms with Crippen molar-refractivity contribution in [3.05, 3.63) is 53.6 Å². The minimum Gasteiger partial charge on any atom is -0.497 e. The van der Waals surface area contributed by atoms with Crippen molar-refractivity contribution in [2.24, 2.45) is 0 Å². The fourth-order valence-corrected chi connectivity index (χ4v) is 4.74. The Balaban J connectivity index is 1.48. The molecule has 0 saturated carbocycles. The third-order valence-electron chi connectivity index (χ3n) is 5.62. The van der Waals surface area contributed by atoms with E-state index < -0.39 is 0 Å². The molecule has 4 rings (SSSR count). The van der Waals surface area contributed by atoms with Crippen LogP contribution in [0.1, 0.15) is 28.9 Å². The first-order valence-electron chi connectivity index (χ1n) is 10.4. The second-order valence-corrected chi connectivity index (χ2v) is 8.99. The van der Waals surface area contributed by atoms with Crippen molar-refractivity contribution in [1.29, 1.82) is 0 Å². The fourth-order valence-electron chi connectivity index (χ4n) is 3.81. The standard InChI is InChI=1S/C23H27N3O4S/c1-15-22(27)25-19-13-17(5-8-21(19)31-15)23(28)24-14-20(26-9-11-30-12-10-26)16-3-6-18(29-2)7-4-16/h3-8,13,15,20H,9-12,14H2,1-2H3,(H,24,28)(H,25,27)/t15-,20-/m0/s1. The van der Waals surface area contributed by atoms with E-state index in [1.807, 2.05) is 43.3 Å². The molecule has 2 N–H and O–H groups in total. The number of morpholine rings is 1. The molecule has 8 heteroatoms. The number of rotatable bonds is 6. The van der Waals surface area contributed by atoms with Crippen molar-refractivity contribution in [3.8, 4) is 5.75 Å². The van der Waals surface area contributed by atoms with E-state index in [1.54, 1.807) is 13.2 Å². The molecule has 7 nitrogen and oxygen atoms in total. The first-order valence-corrected chi connectivity index (χ1v) is 11.3. The largest absolute Gasteiger partial charge is 0.497 e. The quantitative estimate of drug-likeness (QED) is 0.718. The van der Waals surface area contributed by atoms with E-state index in [1.165, 1.54) is 11.8 Å². The molecule has 0 spiro atoms. The van der Waals surface area contributed by atoms with E-state index in [0.717, 1.165) is 29.3 Å². The van der Waals surface area contributed by atoms with E-state index >= 15 is 0 Å². The van der Waals surface area contributed by atoms with Crippen LogP contribution in [0.3, 0.4) is 0 Å². The Kier molecular flexibility index (Phi) is 6.80. The second-order valence-electron chi connectivity index (χ2n) is 7.61. The van der Waals surface area contributed by atoms with E-state index in [2.05, 4.69) is 15.5 Å². The Bertz CT molecular complexity index is 944. The molecule has 0 bridgehead atoms. The Morgan fingerprint density at radius 3 is 2.71 bits per heavy atom. The topological polar surface area (TPSA) is 79.9 Å². The van der Waals surface area contributed by atoms with Gasteiger partial charge in [0.25, 0.3) is 5.91 Å². The average molecular weight is 442 g/mol. The van der Waals surface area contributed by atoms with Crippen LogP contribution in [0.5, 0.6) is 5.75 Å². The first kappa shape index (κ1) is 21.7. The normalized spacial score (nSPS) is 19.8. The monoisotopic (exact) mass is 441 g/mol. The van der Waals surface area contributed by atoms with Gasteiger partial charge in [-0.25, -0.2) is 0 Å². The van der Waals surface area contributed by atoms with Gasteiger partial charge < -0.3 is 20.1 Å². The number of hydrogen-bond acceptors (Lipinski definition) is 6. The summed E-state index contributed by atoms with van der Waals surface area (Å²) in [6, 6.07) is 13.4. The lowest BCUT2D eigenvalue weighted by Crippen LogP contribution is -2.43. The highest BCUT2D eigenvalue weighted by Gasteiger charge is 2.25. The molecule has 1 fully saturated rings. The van der Waals surface area contributed by atoms with Crippen LogP contribution in [0, 0.1) is 0 Å². The van der Waals surface area contributed by atoms with Crippen LogP contribution in [0.2, 0.25) is 0 Å². The molecule has 31 heavy (non-hydrogen) atoms. The molecule has 2 amide bonds. The van der Waals surface area contributed by atoms with Crippen molar-refractivity contribution >= 4 is 29.3 Å². The highest BCUT2D eigenvalue weighted by atomic mass is 32.2. The SMILES string of the molecule is COc1ccc([C@H](CNC(=O)c2ccc3c(c2)NC(=O)[C@H](C)S3)N2CCOCC2)cc1. The maximum atomic E-state index is 12.9. The van der Waals surface area contributed by atoms with Crippen molar-refractivity contribution in [2.75, 3.05) is 45.3 Å². The van der Waals surface area contributed by atoms with Gasteiger partial charge in [0.1, 0.15) is 5.75 Å². The van der Waals surface area contributed by atoms with Gasteiger partial charge in [0, 0.05) is 30.1 Å². The van der Waals surface area contributed by atoms with Gasteiger partial charge in [0.05, 0.1) is 37.3 Å². The summed E-state index contributed by atoms with van der Waals surface area (Å²) >= 11 is 1.51. The molecular formula is C23H27N3O4S. The zero-order valence-corrected chi connectivity index (χ0v) is 18.5. The number of carbonyl (C=O) groups is 2. The van der Waals surface area contributed by atoms with Crippen LogP contribution in [0.15, 0.2) is 47.4 Å². The summed E-state index contributed by atoms with van der Waals surface area (Å²) in [6.45, 7) is 5.33. The van der Waals surface area contributed by atoms with Gasteiger partial charge in [-0.3, -0.25) is 14.5 Å². The summed E-state index contributed by atoms with van der Waals surface area (Å²) in [7, 11) is 1.65. The molecule has 0 unspecified atom stereocenters. The molecular weight excluding hydrogens is 414 g/mol. The van der Waals surface area contributed by atoms with Gasteiger partial charge >= 0.3 is 0 Å². The molecule has 2 atom stereocenters. The van der Waals surface area contributed by atoms with Gasteiger partial charge in [-0.2, -0.15) is 0 Å². The molecule has 0 aromatic heterocycles. The summed E-state index contributed by atoms with van der Waals surface area (Å²) in [5, 5.41) is 5.83. The maximum Gasteiger partial charge on any atom is 0.251 e. The van der Waals surface area contributed by atoms with Crippen molar-refractivity contribution in [2.45, 2.75) is 23.1 Å². The van der Waals surface area contributed by atoms with E-state index in [-0.39, 0.29) is 23.1 Å². The number of nitrogens with one attached hydrogen (secondary N) is 2. The fraction of sp³-hybridized carbons (Fsp3) is 0.391. The molecule has 2 aliphatic rings. The predicted molar refractivity (Wildman–Crippen MR) is 121 cm³/mol. The van der Waals surface area contributed by atoms with Gasteiger partial charge in [-0.1, -0.05) is 12.1 Å². The van der Waals surface area contributed by atoms with E-state index in [4.69, 9.17) is 9.47 Å². The molecule has 2 aromatic rings. The number of ether oxygens (including phenoxy) is 2. The number of thioether (sulfide) groups is 1. The number of hydrogen-bond donors (Lipinski definition) is 2. The highest BCUT2D eigenvalue weighted by molar-refractivity contribution is 8.00. The summed E-state index contributed by atoms with van der Waals surface area (Å²) in [5.41, 5.74) is 2.34.